The van der Waals surface area contributed by atoms with Crippen molar-refractivity contribution in [3.05, 3.63) is 23.9 Å². The minimum Gasteiger partial charge on any atom is -0.389 e. The molecule has 84 valence electrons. The van der Waals surface area contributed by atoms with Gasteiger partial charge in [-0.1, -0.05) is 19.4 Å². The Balaban J connectivity index is 2.82. The number of hydrogen-bond acceptors (Lipinski definition) is 3. The van der Waals surface area contributed by atoms with Gasteiger partial charge in [0.1, 0.15) is 5.82 Å². The average molecular weight is 208 g/mol. The zero-order valence-corrected chi connectivity index (χ0v) is 9.77. The van der Waals surface area contributed by atoms with E-state index < -0.39 is 6.10 Å². The number of aliphatic hydroxyl groups is 1. The van der Waals surface area contributed by atoms with Gasteiger partial charge >= 0.3 is 0 Å². The lowest BCUT2D eigenvalue weighted by atomic mass is 10.1. The Morgan fingerprint density at radius 2 is 2.27 bits per heavy atom. The maximum absolute atomic E-state index is 9.61. The summed E-state index contributed by atoms with van der Waals surface area (Å²) in [5.41, 5.74) is 0.899. The summed E-state index contributed by atoms with van der Waals surface area (Å²) in [6.07, 6.45) is 3.62. The van der Waals surface area contributed by atoms with Crippen LogP contribution in [0.1, 0.15) is 38.4 Å². The highest BCUT2D eigenvalue weighted by atomic mass is 16.3. The molecule has 0 radical (unpaired) electrons. The molecule has 3 nitrogen and oxygen atoms in total. The van der Waals surface area contributed by atoms with Crippen LogP contribution < -0.4 is 4.90 Å². The fourth-order valence-electron chi connectivity index (χ4n) is 1.56. The van der Waals surface area contributed by atoms with Crippen LogP contribution in [0.25, 0.3) is 0 Å². The molecule has 0 aliphatic rings. The van der Waals surface area contributed by atoms with E-state index in [0.29, 0.717) is 0 Å². The number of anilines is 1. The fraction of sp³-hybridized carbons (Fsp3) is 0.583. The van der Waals surface area contributed by atoms with Gasteiger partial charge in [-0.25, -0.2) is 4.98 Å². The smallest absolute Gasteiger partial charge is 0.134 e. The van der Waals surface area contributed by atoms with Gasteiger partial charge in [0.25, 0.3) is 0 Å². The molecule has 1 heterocycles. The van der Waals surface area contributed by atoms with Crippen LogP contribution in [0.4, 0.5) is 5.82 Å². The molecule has 0 fully saturated rings. The predicted molar refractivity (Wildman–Crippen MR) is 63.0 cm³/mol. The topological polar surface area (TPSA) is 36.4 Å². The van der Waals surface area contributed by atoms with E-state index in [1.54, 1.807) is 13.1 Å². The maximum atomic E-state index is 9.61. The highest BCUT2D eigenvalue weighted by molar-refractivity contribution is 5.46. The van der Waals surface area contributed by atoms with Gasteiger partial charge in [0.05, 0.1) is 6.10 Å². The molecule has 0 bridgehead atoms. The second-order valence-electron chi connectivity index (χ2n) is 3.87. The Hall–Kier alpha value is -1.09. The lowest BCUT2D eigenvalue weighted by molar-refractivity contribution is 0.199. The molecular weight excluding hydrogens is 188 g/mol. The van der Waals surface area contributed by atoms with E-state index in [1.165, 1.54) is 6.42 Å². The first-order chi connectivity index (χ1) is 7.16. The first-order valence-corrected chi connectivity index (χ1v) is 5.51. The zero-order chi connectivity index (χ0) is 11.3. The van der Waals surface area contributed by atoms with Crippen molar-refractivity contribution in [3.63, 3.8) is 0 Å². The van der Waals surface area contributed by atoms with E-state index in [2.05, 4.69) is 16.8 Å². The summed E-state index contributed by atoms with van der Waals surface area (Å²) in [5, 5.41) is 9.61. The minimum atomic E-state index is -0.460. The first kappa shape index (κ1) is 12.0. The van der Waals surface area contributed by atoms with Crippen LogP contribution in [-0.4, -0.2) is 23.7 Å². The van der Waals surface area contributed by atoms with E-state index in [9.17, 15) is 5.11 Å². The molecule has 0 aliphatic heterocycles. The molecule has 3 heteroatoms. The lowest BCUT2D eigenvalue weighted by Gasteiger charge is -2.21. The number of aromatic nitrogens is 1. The standard InChI is InChI=1S/C12H20N2O/c1-4-5-9-14(3)12-11(10(2)15)7-6-8-13-12/h6-8,10,15H,4-5,9H2,1-3H3. The molecule has 1 aromatic rings. The van der Waals surface area contributed by atoms with Gasteiger partial charge in [0, 0.05) is 25.4 Å². The summed E-state index contributed by atoms with van der Waals surface area (Å²) in [6, 6.07) is 3.79. The number of rotatable bonds is 5. The number of unbranched alkanes of at least 4 members (excludes halogenated alkanes) is 1. The Bertz CT molecular complexity index is 299. The van der Waals surface area contributed by atoms with Gasteiger partial charge in [0.2, 0.25) is 0 Å². The lowest BCUT2D eigenvalue weighted by Crippen LogP contribution is -2.21. The minimum absolute atomic E-state index is 0.460. The van der Waals surface area contributed by atoms with Crippen LogP contribution in [0.3, 0.4) is 0 Å². The average Bonchev–Trinajstić information content (AvgIpc) is 2.25. The molecule has 1 aromatic heterocycles. The quantitative estimate of drug-likeness (QED) is 0.807. The van der Waals surface area contributed by atoms with Crippen LogP contribution in [0, 0.1) is 0 Å². The van der Waals surface area contributed by atoms with Crippen LogP contribution in [0.5, 0.6) is 0 Å². The molecule has 0 saturated carbocycles. The highest BCUT2D eigenvalue weighted by Gasteiger charge is 2.11. The summed E-state index contributed by atoms with van der Waals surface area (Å²) < 4.78 is 0. The molecule has 15 heavy (non-hydrogen) atoms. The van der Waals surface area contributed by atoms with Gasteiger partial charge in [-0.05, 0) is 19.4 Å². The summed E-state index contributed by atoms with van der Waals surface area (Å²) in [7, 11) is 2.02. The Labute approximate surface area is 91.8 Å². The first-order valence-electron chi connectivity index (χ1n) is 5.51. The van der Waals surface area contributed by atoms with E-state index in [0.717, 1.165) is 24.3 Å². The normalized spacial score (nSPS) is 12.5. The highest BCUT2D eigenvalue weighted by Crippen LogP contribution is 2.22. The maximum Gasteiger partial charge on any atom is 0.134 e. The van der Waals surface area contributed by atoms with Gasteiger partial charge < -0.3 is 10.0 Å². The molecule has 1 N–H and O–H groups in total. The second kappa shape index (κ2) is 5.71. The van der Waals surface area contributed by atoms with E-state index >= 15 is 0 Å². The van der Waals surface area contributed by atoms with Crippen molar-refractivity contribution in [2.75, 3.05) is 18.5 Å². The molecule has 0 aliphatic carbocycles. The second-order valence-corrected chi connectivity index (χ2v) is 3.87. The third kappa shape index (κ3) is 3.20. The fourth-order valence-corrected chi connectivity index (χ4v) is 1.56. The monoisotopic (exact) mass is 208 g/mol. The molecule has 1 atom stereocenters. The molecular formula is C12H20N2O. The van der Waals surface area contributed by atoms with Crippen molar-refractivity contribution in [1.82, 2.24) is 4.98 Å². The molecule has 1 unspecified atom stereocenters. The number of pyridine rings is 1. The van der Waals surface area contributed by atoms with E-state index in [1.807, 2.05) is 19.2 Å². The Morgan fingerprint density at radius 1 is 1.53 bits per heavy atom. The van der Waals surface area contributed by atoms with Crippen molar-refractivity contribution in [1.29, 1.82) is 0 Å². The van der Waals surface area contributed by atoms with Crippen molar-refractivity contribution in [2.45, 2.75) is 32.8 Å². The predicted octanol–water partition coefficient (Wildman–Crippen LogP) is 2.37. The SMILES string of the molecule is CCCCN(C)c1ncccc1C(C)O. The number of hydrogen-bond donors (Lipinski definition) is 1. The summed E-state index contributed by atoms with van der Waals surface area (Å²) in [6.45, 7) is 4.92. The summed E-state index contributed by atoms with van der Waals surface area (Å²) >= 11 is 0. The van der Waals surface area contributed by atoms with Crippen LogP contribution in [0.15, 0.2) is 18.3 Å². The van der Waals surface area contributed by atoms with Gasteiger partial charge in [0.15, 0.2) is 0 Å². The molecule has 1 rings (SSSR count). The number of aliphatic hydroxyl groups excluding tert-OH is 1. The van der Waals surface area contributed by atoms with Crippen LogP contribution in [0.2, 0.25) is 0 Å². The third-order valence-corrected chi connectivity index (χ3v) is 2.48. The van der Waals surface area contributed by atoms with Gasteiger partial charge in [-0.3, -0.25) is 0 Å². The third-order valence-electron chi connectivity index (χ3n) is 2.48. The van der Waals surface area contributed by atoms with Crippen molar-refractivity contribution in [2.24, 2.45) is 0 Å². The molecule has 0 saturated heterocycles. The van der Waals surface area contributed by atoms with Gasteiger partial charge in [-0.2, -0.15) is 0 Å². The Morgan fingerprint density at radius 3 is 2.87 bits per heavy atom. The van der Waals surface area contributed by atoms with Crippen LogP contribution in [-0.2, 0) is 0 Å². The Kier molecular flexibility index (Phi) is 4.56. The summed E-state index contributed by atoms with van der Waals surface area (Å²) in [5.74, 6) is 0.890. The molecule has 0 amide bonds. The largest absolute Gasteiger partial charge is 0.389 e. The number of nitrogens with zero attached hydrogens (tertiary/aromatic N) is 2. The van der Waals surface area contributed by atoms with E-state index in [4.69, 9.17) is 0 Å². The van der Waals surface area contributed by atoms with E-state index in [-0.39, 0.29) is 0 Å². The zero-order valence-electron chi connectivity index (χ0n) is 9.77. The summed E-state index contributed by atoms with van der Waals surface area (Å²) in [4.78, 5) is 6.42. The molecule has 0 spiro atoms. The van der Waals surface area contributed by atoms with Gasteiger partial charge in [-0.15, -0.1) is 0 Å². The van der Waals surface area contributed by atoms with Crippen molar-refractivity contribution >= 4 is 5.82 Å². The van der Waals surface area contributed by atoms with Crippen molar-refractivity contribution in [3.8, 4) is 0 Å². The van der Waals surface area contributed by atoms with Crippen LogP contribution >= 0.6 is 0 Å². The molecule has 0 aromatic carbocycles. The van der Waals surface area contributed by atoms with Crippen molar-refractivity contribution < 1.29 is 5.11 Å².